The van der Waals surface area contributed by atoms with E-state index in [4.69, 9.17) is 9.47 Å². The van der Waals surface area contributed by atoms with E-state index in [1.165, 1.54) is 12.8 Å². The van der Waals surface area contributed by atoms with E-state index in [2.05, 4.69) is 5.32 Å². The van der Waals surface area contributed by atoms with Gasteiger partial charge in [-0.1, -0.05) is 0 Å². The molecule has 2 saturated heterocycles. The molecule has 4 unspecified atom stereocenters. The number of ether oxygens (including phenoxy) is 2. The highest BCUT2D eigenvalue weighted by Crippen LogP contribution is 2.46. The molecule has 3 aliphatic rings. The summed E-state index contributed by atoms with van der Waals surface area (Å²) in [6.07, 6.45) is 5.21. The van der Waals surface area contributed by atoms with Gasteiger partial charge in [-0.15, -0.1) is 0 Å². The third-order valence-corrected chi connectivity index (χ3v) is 3.89. The van der Waals surface area contributed by atoms with Crippen molar-refractivity contribution < 1.29 is 14.3 Å². The molecule has 4 atom stereocenters. The van der Waals surface area contributed by atoms with E-state index < -0.39 is 0 Å². The summed E-state index contributed by atoms with van der Waals surface area (Å²) < 4.78 is 11.2. The van der Waals surface area contributed by atoms with E-state index >= 15 is 0 Å². The maximum atomic E-state index is 11.4. The summed E-state index contributed by atoms with van der Waals surface area (Å²) in [5, 5.41) is 3.03. The summed E-state index contributed by atoms with van der Waals surface area (Å²) in [5.41, 5.74) is 0. The van der Waals surface area contributed by atoms with Crippen LogP contribution in [0.4, 0.5) is 0 Å². The van der Waals surface area contributed by atoms with Crippen molar-refractivity contribution in [3.8, 4) is 0 Å². The van der Waals surface area contributed by atoms with Crippen molar-refractivity contribution in [2.75, 3.05) is 13.2 Å². The van der Waals surface area contributed by atoms with Crippen LogP contribution in [0.3, 0.4) is 0 Å². The van der Waals surface area contributed by atoms with Gasteiger partial charge in [-0.2, -0.15) is 0 Å². The summed E-state index contributed by atoms with van der Waals surface area (Å²) >= 11 is 0. The Bertz CT molecular complexity index is 275. The van der Waals surface area contributed by atoms with Gasteiger partial charge in [0.25, 0.3) is 0 Å². The van der Waals surface area contributed by atoms with Crippen molar-refractivity contribution in [1.82, 2.24) is 5.32 Å². The quantitative estimate of drug-likeness (QED) is 0.781. The number of carbonyl (C=O) groups excluding carboxylic acids is 1. The molecule has 1 aliphatic carbocycles. The summed E-state index contributed by atoms with van der Waals surface area (Å²) in [6.45, 7) is 1.44. The van der Waals surface area contributed by atoms with Gasteiger partial charge in [-0.3, -0.25) is 4.79 Å². The summed E-state index contributed by atoms with van der Waals surface area (Å²) in [7, 11) is 0. The van der Waals surface area contributed by atoms with Gasteiger partial charge < -0.3 is 14.8 Å². The summed E-state index contributed by atoms with van der Waals surface area (Å²) in [6, 6.07) is 0.233. The maximum absolute atomic E-state index is 11.4. The molecule has 4 nitrogen and oxygen atoms in total. The molecule has 1 N–H and O–H groups in total. The third kappa shape index (κ3) is 2.23. The van der Waals surface area contributed by atoms with Gasteiger partial charge in [0.05, 0.1) is 12.6 Å². The van der Waals surface area contributed by atoms with E-state index in [0.717, 1.165) is 25.9 Å². The van der Waals surface area contributed by atoms with Crippen LogP contribution in [0.5, 0.6) is 0 Å². The highest BCUT2D eigenvalue weighted by molar-refractivity contribution is 5.78. The van der Waals surface area contributed by atoms with Gasteiger partial charge >= 0.3 is 0 Å². The Morgan fingerprint density at radius 3 is 3.19 bits per heavy atom. The topological polar surface area (TPSA) is 47.6 Å². The Morgan fingerprint density at radius 1 is 1.44 bits per heavy atom. The number of piperidine rings is 1. The summed E-state index contributed by atoms with van der Waals surface area (Å²) in [5.74, 6) is 1.49. The second-order valence-electron chi connectivity index (χ2n) is 5.17. The van der Waals surface area contributed by atoms with Crippen LogP contribution >= 0.6 is 0 Å². The van der Waals surface area contributed by atoms with Crippen molar-refractivity contribution >= 4 is 5.91 Å². The Morgan fingerprint density at radius 2 is 2.38 bits per heavy atom. The molecular weight excluding hydrogens is 206 g/mol. The lowest BCUT2D eigenvalue weighted by molar-refractivity contribution is -0.168. The fourth-order valence-corrected chi connectivity index (χ4v) is 2.83. The predicted molar refractivity (Wildman–Crippen MR) is 57.7 cm³/mol. The molecule has 2 heterocycles. The smallest absolute Gasteiger partial charge is 0.220 e. The van der Waals surface area contributed by atoms with Crippen LogP contribution in [-0.2, 0) is 14.3 Å². The molecule has 3 fully saturated rings. The van der Waals surface area contributed by atoms with Crippen LogP contribution in [0.2, 0.25) is 0 Å². The molecule has 0 aromatic heterocycles. The first kappa shape index (κ1) is 10.5. The number of hydrogen-bond acceptors (Lipinski definition) is 3. The average molecular weight is 225 g/mol. The number of fused-ring (bicyclic) bond motifs is 1. The minimum atomic E-state index is -0.0372. The van der Waals surface area contributed by atoms with Gasteiger partial charge in [0.15, 0.2) is 6.29 Å². The second kappa shape index (κ2) is 4.34. The van der Waals surface area contributed by atoms with E-state index in [1.807, 2.05) is 0 Å². The molecule has 0 spiro atoms. The summed E-state index contributed by atoms with van der Waals surface area (Å²) in [4.78, 5) is 11.4. The van der Waals surface area contributed by atoms with Gasteiger partial charge in [0, 0.05) is 13.0 Å². The number of carbonyl (C=O) groups is 1. The highest BCUT2D eigenvalue weighted by atomic mass is 16.7. The molecule has 0 radical (unpaired) electrons. The Hall–Kier alpha value is -0.610. The minimum absolute atomic E-state index is 0.0372. The number of amides is 1. The van der Waals surface area contributed by atoms with Crippen LogP contribution in [0.15, 0.2) is 0 Å². The molecule has 0 bridgehead atoms. The lowest BCUT2D eigenvalue weighted by atomic mass is 10.1. The zero-order chi connectivity index (χ0) is 11.0. The molecule has 1 saturated carbocycles. The van der Waals surface area contributed by atoms with Crippen LogP contribution in [0.1, 0.15) is 32.1 Å². The molecule has 3 rings (SSSR count). The average Bonchev–Trinajstić information content (AvgIpc) is 3.06. The fraction of sp³-hybridized carbons (Fsp3) is 0.917. The number of nitrogens with one attached hydrogen (secondary N) is 1. The first-order valence-corrected chi connectivity index (χ1v) is 6.35. The Labute approximate surface area is 95.7 Å². The van der Waals surface area contributed by atoms with E-state index in [-0.39, 0.29) is 18.2 Å². The monoisotopic (exact) mass is 225 g/mol. The third-order valence-electron chi connectivity index (χ3n) is 3.89. The largest absolute Gasteiger partial charge is 0.353 e. The molecule has 0 aromatic rings. The fourth-order valence-electron chi connectivity index (χ4n) is 2.83. The lowest BCUT2D eigenvalue weighted by Gasteiger charge is -2.27. The maximum Gasteiger partial charge on any atom is 0.220 e. The van der Waals surface area contributed by atoms with Crippen molar-refractivity contribution in [3.05, 3.63) is 0 Å². The molecule has 4 heteroatoms. The van der Waals surface area contributed by atoms with Gasteiger partial charge in [0.2, 0.25) is 5.91 Å². The Balaban J connectivity index is 1.45. The van der Waals surface area contributed by atoms with Gasteiger partial charge in [0.1, 0.15) is 0 Å². The van der Waals surface area contributed by atoms with E-state index in [1.54, 1.807) is 0 Å². The lowest BCUT2D eigenvalue weighted by Crippen LogP contribution is -2.44. The zero-order valence-electron chi connectivity index (χ0n) is 9.48. The van der Waals surface area contributed by atoms with Gasteiger partial charge in [-0.05, 0) is 37.5 Å². The van der Waals surface area contributed by atoms with Crippen LogP contribution in [0.25, 0.3) is 0 Å². The van der Waals surface area contributed by atoms with Crippen LogP contribution in [0, 0.1) is 11.8 Å². The molecule has 90 valence electrons. The first-order chi connectivity index (χ1) is 7.83. The first-order valence-electron chi connectivity index (χ1n) is 6.35. The predicted octanol–water partition coefficient (Wildman–Crippen LogP) is 1.05. The second-order valence-corrected chi connectivity index (χ2v) is 5.17. The van der Waals surface area contributed by atoms with Crippen molar-refractivity contribution in [2.45, 2.75) is 44.4 Å². The highest BCUT2D eigenvalue weighted by Gasteiger charge is 2.48. The molecule has 1 amide bonds. The van der Waals surface area contributed by atoms with E-state index in [0.29, 0.717) is 18.4 Å². The van der Waals surface area contributed by atoms with Crippen molar-refractivity contribution in [2.24, 2.45) is 11.8 Å². The van der Waals surface area contributed by atoms with Gasteiger partial charge in [-0.25, -0.2) is 0 Å². The van der Waals surface area contributed by atoms with Crippen molar-refractivity contribution in [3.63, 3.8) is 0 Å². The zero-order valence-corrected chi connectivity index (χ0v) is 9.48. The standard InChI is InChI=1S/C12H19NO3/c14-11-6-8-5-9(8)10(13-11)7-16-12-3-1-2-4-15-12/h8-10,12H,1-7H2,(H,13,14). The molecule has 0 aromatic carbocycles. The van der Waals surface area contributed by atoms with Crippen LogP contribution < -0.4 is 5.32 Å². The minimum Gasteiger partial charge on any atom is -0.353 e. The molecule has 16 heavy (non-hydrogen) atoms. The molecular formula is C12H19NO3. The number of hydrogen-bond donors (Lipinski definition) is 1. The van der Waals surface area contributed by atoms with E-state index in [9.17, 15) is 4.79 Å². The van der Waals surface area contributed by atoms with Crippen molar-refractivity contribution in [1.29, 1.82) is 0 Å². The normalized spacial score (nSPS) is 42.4. The van der Waals surface area contributed by atoms with Crippen LogP contribution in [-0.4, -0.2) is 31.5 Å². The SMILES string of the molecule is O=C1CC2CC2C(COC2CCCCO2)N1. The number of rotatable bonds is 3. The molecule has 2 aliphatic heterocycles. The Kier molecular flexibility index (Phi) is 2.86.